The lowest BCUT2D eigenvalue weighted by atomic mass is 9.35. The molecular weight excluding hydrogens is 1000 g/mol. The Hall–Kier alpha value is -8.78. The summed E-state index contributed by atoms with van der Waals surface area (Å²) in [6.45, 7) is 20.9. The average molecular weight is 1070 g/mol. The first-order valence-electron chi connectivity index (χ1n) is 28.6. The van der Waals surface area contributed by atoms with Crippen molar-refractivity contribution in [2.75, 3.05) is 14.7 Å². The molecule has 0 atom stereocenters. The van der Waals surface area contributed by atoms with Crippen LogP contribution < -0.4 is 31.3 Å². The van der Waals surface area contributed by atoms with Crippen LogP contribution in [0.3, 0.4) is 0 Å². The first-order chi connectivity index (χ1) is 39.1. The van der Waals surface area contributed by atoms with Gasteiger partial charge in [-0.3, -0.25) is 0 Å². The summed E-state index contributed by atoms with van der Waals surface area (Å²) < 4.78 is 12.9. The van der Waals surface area contributed by atoms with E-state index in [0.29, 0.717) is 0 Å². The topological polar surface area (TPSA) is 27.8 Å². The number of aromatic nitrogens is 1. The molecule has 7 heteroatoms. The van der Waals surface area contributed by atoms with Crippen LogP contribution in [-0.2, 0) is 16.2 Å². The van der Waals surface area contributed by atoms with E-state index in [4.69, 9.17) is 4.42 Å². The molecule has 0 spiro atoms. The average Bonchev–Trinajstić information content (AvgIpc) is 2.69. The van der Waals surface area contributed by atoms with Crippen LogP contribution in [-0.4, -0.2) is 11.3 Å². The van der Waals surface area contributed by atoms with Crippen molar-refractivity contribution in [2.24, 2.45) is 0 Å². The Morgan fingerprint density at radius 1 is 0.420 bits per heavy atom. The van der Waals surface area contributed by atoms with E-state index in [-0.39, 0.29) is 23.0 Å². The van der Waals surface area contributed by atoms with Crippen molar-refractivity contribution >= 4 is 139 Å². The molecule has 6 heterocycles. The molecule has 392 valence electrons. The summed E-state index contributed by atoms with van der Waals surface area (Å²) in [5, 5.41) is 6.13. The molecule has 3 aliphatic rings. The van der Waals surface area contributed by atoms with E-state index in [2.05, 4.69) is 288 Å². The Morgan fingerprint density at radius 2 is 1.02 bits per heavy atom. The number of furan rings is 1. The smallest absolute Gasteiger partial charge is 0.297 e. The molecule has 0 aliphatic carbocycles. The van der Waals surface area contributed by atoms with Gasteiger partial charge in [-0.2, -0.15) is 0 Å². The first-order valence-corrected chi connectivity index (χ1v) is 29.4. The van der Waals surface area contributed by atoms with Crippen molar-refractivity contribution in [2.45, 2.75) is 78.6 Å². The van der Waals surface area contributed by atoms with Crippen LogP contribution in [0.25, 0.3) is 69.8 Å². The van der Waals surface area contributed by atoms with Gasteiger partial charge in [-0.25, -0.2) is 0 Å². The number of benzene rings is 10. The van der Waals surface area contributed by atoms with Crippen LogP contribution >= 0.6 is 11.3 Å². The fraction of sp³-hybridized carbons (Fsp3) is 0.162. The summed E-state index contributed by atoms with van der Waals surface area (Å²) >= 11 is 1.87. The van der Waals surface area contributed by atoms with Crippen LogP contribution in [0, 0.1) is 0 Å². The highest BCUT2D eigenvalue weighted by Crippen LogP contribution is 2.57. The molecule has 0 bridgehead atoms. The molecule has 0 unspecified atom stereocenters. The first kappa shape index (κ1) is 48.2. The molecule has 0 fully saturated rings. The molecule has 10 aromatic carbocycles. The number of anilines is 9. The van der Waals surface area contributed by atoms with Crippen LogP contribution in [0.1, 0.15) is 79.0 Å². The number of para-hydroxylation sites is 2. The highest BCUT2D eigenvalue weighted by Gasteiger charge is 2.50. The molecule has 0 radical (unpaired) electrons. The third kappa shape index (κ3) is 7.04. The zero-order valence-electron chi connectivity index (χ0n) is 47.3. The van der Waals surface area contributed by atoms with E-state index in [1.807, 2.05) is 11.3 Å². The van der Waals surface area contributed by atoms with Crippen LogP contribution in [0.5, 0.6) is 0 Å². The minimum Gasteiger partial charge on any atom is -0.468 e. The predicted octanol–water partition coefficient (Wildman–Crippen LogP) is 19.3. The molecule has 13 aromatic rings. The lowest BCUT2D eigenvalue weighted by molar-refractivity contribution is 0.590. The van der Waals surface area contributed by atoms with Gasteiger partial charge in [0.05, 0.1) is 50.8 Å². The third-order valence-corrected chi connectivity index (χ3v) is 18.8. The van der Waals surface area contributed by atoms with Crippen molar-refractivity contribution in [3.05, 3.63) is 223 Å². The zero-order valence-corrected chi connectivity index (χ0v) is 48.1. The summed E-state index contributed by atoms with van der Waals surface area (Å²) in [7, 11) is 0. The quantitative estimate of drug-likeness (QED) is 0.161. The molecule has 3 aliphatic heterocycles. The normalized spacial score (nSPS) is 13.7. The lowest BCUT2D eigenvalue weighted by Crippen LogP contribution is -2.61. The van der Waals surface area contributed by atoms with E-state index in [1.165, 1.54) is 92.2 Å². The van der Waals surface area contributed by atoms with E-state index >= 15 is 0 Å². The van der Waals surface area contributed by atoms with Crippen molar-refractivity contribution in [1.29, 1.82) is 0 Å². The molecule has 16 rings (SSSR count). The summed E-state index contributed by atoms with van der Waals surface area (Å²) in [4.78, 5) is 7.75. The SMILES string of the molecule is CC(C)(C)c1cc2c3c(c1)-n1c4ccc(C(C)(C)C)cc4c4cc(C(C)(C)C)cc(c41)N3c1cc(N(c3ccccc3)c3ccccc3)cc3c1B2c1oc2ccc(-c4ccccc4)cc2c1N3c1cccc2sc3ccccc3c12. The van der Waals surface area contributed by atoms with Gasteiger partial charge in [0.1, 0.15) is 5.58 Å². The van der Waals surface area contributed by atoms with Crippen LogP contribution in [0.4, 0.5) is 51.2 Å². The number of hydrogen-bond acceptors (Lipinski definition) is 5. The highest BCUT2D eigenvalue weighted by atomic mass is 32.1. The second-order valence-corrected chi connectivity index (χ2v) is 26.9. The Morgan fingerprint density at radius 3 is 1.72 bits per heavy atom. The molecule has 0 saturated carbocycles. The second-order valence-electron chi connectivity index (χ2n) is 25.8. The summed E-state index contributed by atoms with van der Waals surface area (Å²) in [6.07, 6.45) is 0. The van der Waals surface area contributed by atoms with Gasteiger partial charge in [-0.15, -0.1) is 11.3 Å². The molecule has 3 aromatic heterocycles. The zero-order chi connectivity index (χ0) is 55.0. The van der Waals surface area contributed by atoms with Gasteiger partial charge < -0.3 is 23.7 Å². The third-order valence-electron chi connectivity index (χ3n) is 17.7. The van der Waals surface area contributed by atoms with Crippen molar-refractivity contribution in [3.8, 4) is 16.8 Å². The van der Waals surface area contributed by atoms with Gasteiger partial charge in [-0.05, 0) is 152 Å². The van der Waals surface area contributed by atoms with Crippen molar-refractivity contribution < 1.29 is 4.42 Å². The minimum atomic E-state index is -0.285. The maximum atomic E-state index is 7.71. The lowest BCUT2D eigenvalue weighted by Gasteiger charge is -2.46. The van der Waals surface area contributed by atoms with Crippen molar-refractivity contribution in [1.82, 2.24) is 4.57 Å². The number of hydrogen-bond donors (Lipinski definition) is 0. The minimum absolute atomic E-state index is 0.0397. The fourth-order valence-corrected chi connectivity index (χ4v) is 14.7. The molecule has 5 nitrogen and oxygen atoms in total. The number of fused-ring (bicyclic) bond motifs is 14. The molecule has 0 N–H and O–H groups in total. The van der Waals surface area contributed by atoms with Gasteiger partial charge in [0.15, 0.2) is 0 Å². The number of nitrogens with zero attached hydrogens (tertiary/aromatic N) is 4. The van der Waals surface area contributed by atoms with Gasteiger partial charge in [-0.1, -0.05) is 172 Å². The van der Waals surface area contributed by atoms with Gasteiger partial charge >= 0.3 is 0 Å². The summed E-state index contributed by atoms with van der Waals surface area (Å²) in [5.41, 5.74) is 23.9. The van der Waals surface area contributed by atoms with Gasteiger partial charge in [0.25, 0.3) is 6.71 Å². The standard InChI is InChI=1S/C74H61BN4OS/c1-72(2,3)46-33-34-57-53(37-46)54-38-47(73(4,5)6)40-61-68(54)77(57)62-41-48(74(7,8)9)39-56-70(62)79(61)60-43-51(76(49-24-15-11-16-25-49)50-26-17-12-18-27-50)42-59-67(60)75(56)71-69(55-36-45(32-35-63(55)80-71)44-22-13-10-14-23-44)78(59)58-29-21-31-65-66(58)52-28-19-20-30-64(52)81-65/h10-43H,1-9H3. The largest absolute Gasteiger partial charge is 0.468 e. The fourth-order valence-electron chi connectivity index (χ4n) is 13.6. The van der Waals surface area contributed by atoms with E-state index in [1.54, 1.807) is 0 Å². The van der Waals surface area contributed by atoms with Crippen molar-refractivity contribution in [3.63, 3.8) is 0 Å². The Kier molecular flexibility index (Phi) is 10.0. The number of rotatable bonds is 5. The summed E-state index contributed by atoms with van der Waals surface area (Å²) in [6, 6.07) is 77.7. The van der Waals surface area contributed by atoms with E-state index in [0.717, 1.165) is 62.0 Å². The molecule has 0 saturated heterocycles. The molecular formula is C74H61BN4OS. The maximum absolute atomic E-state index is 7.71. The van der Waals surface area contributed by atoms with E-state index in [9.17, 15) is 0 Å². The Labute approximate surface area is 478 Å². The predicted molar refractivity (Wildman–Crippen MR) is 347 cm³/mol. The monoisotopic (exact) mass is 1060 g/mol. The molecule has 81 heavy (non-hydrogen) atoms. The van der Waals surface area contributed by atoms with E-state index < -0.39 is 0 Å². The second kappa shape index (κ2) is 16.9. The Bertz CT molecular complexity index is 4740. The van der Waals surface area contributed by atoms with Crippen LogP contribution in [0.15, 0.2) is 211 Å². The molecule has 0 amide bonds. The van der Waals surface area contributed by atoms with Gasteiger partial charge in [0, 0.05) is 59.1 Å². The summed E-state index contributed by atoms with van der Waals surface area (Å²) in [5.74, 6) is 0. The number of thiophene rings is 1. The van der Waals surface area contributed by atoms with Gasteiger partial charge in [0.2, 0.25) is 0 Å². The Balaban J connectivity index is 1.12. The van der Waals surface area contributed by atoms with Crippen LogP contribution in [0.2, 0.25) is 0 Å². The maximum Gasteiger partial charge on any atom is 0.297 e. The highest BCUT2D eigenvalue weighted by molar-refractivity contribution is 7.26.